The number of benzene rings is 1. The van der Waals surface area contributed by atoms with Crippen LogP contribution in [0.25, 0.3) is 0 Å². The number of hydrogen-bond acceptors (Lipinski definition) is 2. The van der Waals surface area contributed by atoms with E-state index in [2.05, 4.69) is 32.6 Å². The molecule has 0 radical (unpaired) electrons. The first kappa shape index (κ1) is 13.3. The third kappa shape index (κ3) is 3.43. The Balaban J connectivity index is 1.95. The molecule has 0 aromatic heterocycles. The summed E-state index contributed by atoms with van der Waals surface area (Å²) in [5, 5.41) is 6.21. The summed E-state index contributed by atoms with van der Waals surface area (Å²) >= 11 is 3.44. The molecule has 1 amide bonds. The fourth-order valence-electron chi connectivity index (χ4n) is 1.86. The molecule has 1 aliphatic heterocycles. The first-order chi connectivity index (χ1) is 8.66. The number of hydrogen-bond donors (Lipinski definition) is 2. The smallest absolute Gasteiger partial charge is 0.251 e. The summed E-state index contributed by atoms with van der Waals surface area (Å²) in [5.74, 6) is -0.0184. The molecule has 0 atom stereocenters. The average Bonchev–Trinajstić information content (AvgIpc) is 2.40. The van der Waals surface area contributed by atoms with Gasteiger partial charge in [0.05, 0.1) is 0 Å². The third-order valence-electron chi connectivity index (χ3n) is 3.07. The van der Waals surface area contributed by atoms with E-state index in [1.807, 2.05) is 25.1 Å². The highest BCUT2D eigenvalue weighted by Crippen LogP contribution is 2.17. The highest BCUT2D eigenvalue weighted by molar-refractivity contribution is 9.10. The predicted molar refractivity (Wildman–Crippen MR) is 76.8 cm³/mol. The fourth-order valence-corrected chi connectivity index (χ4v) is 2.24. The SMILES string of the molecule is Cc1ccc(C(=O)NCC2=CCNCC2)cc1Br. The van der Waals surface area contributed by atoms with Gasteiger partial charge in [0.25, 0.3) is 5.91 Å². The maximum atomic E-state index is 12.0. The van der Waals surface area contributed by atoms with Crippen LogP contribution < -0.4 is 10.6 Å². The minimum absolute atomic E-state index is 0.0184. The van der Waals surface area contributed by atoms with Crippen LogP contribution in [-0.4, -0.2) is 25.5 Å². The molecule has 0 aliphatic carbocycles. The summed E-state index contributed by atoms with van der Waals surface area (Å²) < 4.78 is 0.969. The van der Waals surface area contributed by atoms with E-state index < -0.39 is 0 Å². The molecule has 1 aliphatic rings. The van der Waals surface area contributed by atoms with E-state index in [0.29, 0.717) is 12.1 Å². The van der Waals surface area contributed by atoms with Crippen molar-refractivity contribution in [2.75, 3.05) is 19.6 Å². The summed E-state index contributed by atoms with van der Waals surface area (Å²) in [6.45, 7) is 4.55. The molecule has 0 saturated heterocycles. The lowest BCUT2D eigenvalue weighted by atomic mass is 10.1. The standard InChI is InChI=1S/C14H17BrN2O/c1-10-2-3-12(8-13(10)15)14(18)17-9-11-4-6-16-7-5-11/h2-4,8,16H,5-7,9H2,1H3,(H,17,18). The van der Waals surface area contributed by atoms with Crippen LogP contribution in [0.1, 0.15) is 22.3 Å². The summed E-state index contributed by atoms with van der Waals surface area (Å²) in [7, 11) is 0. The summed E-state index contributed by atoms with van der Waals surface area (Å²) in [6.07, 6.45) is 3.16. The van der Waals surface area contributed by atoms with E-state index in [0.717, 1.165) is 29.5 Å². The zero-order chi connectivity index (χ0) is 13.0. The third-order valence-corrected chi connectivity index (χ3v) is 3.92. The highest BCUT2D eigenvalue weighted by Gasteiger charge is 2.08. The first-order valence-electron chi connectivity index (χ1n) is 6.10. The van der Waals surface area contributed by atoms with Crippen molar-refractivity contribution >= 4 is 21.8 Å². The molecule has 96 valence electrons. The molecule has 3 nitrogen and oxygen atoms in total. The molecule has 18 heavy (non-hydrogen) atoms. The van der Waals surface area contributed by atoms with Crippen molar-refractivity contribution in [2.24, 2.45) is 0 Å². The number of carbonyl (C=O) groups is 1. The van der Waals surface area contributed by atoms with Crippen molar-refractivity contribution in [3.63, 3.8) is 0 Å². The Hall–Kier alpha value is -1.13. The number of halogens is 1. The fraction of sp³-hybridized carbons (Fsp3) is 0.357. The molecule has 0 unspecified atom stereocenters. The molecular formula is C14H17BrN2O. The van der Waals surface area contributed by atoms with Gasteiger partial charge < -0.3 is 10.6 Å². The Labute approximate surface area is 116 Å². The topological polar surface area (TPSA) is 41.1 Å². The van der Waals surface area contributed by atoms with Gasteiger partial charge >= 0.3 is 0 Å². The van der Waals surface area contributed by atoms with Gasteiger partial charge in [-0.25, -0.2) is 0 Å². The molecular weight excluding hydrogens is 292 g/mol. The van der Waals surface area contributed by atoms with Crippen LogP contribution in [0.2, 0.25) is 0 Å². The molecule has 0 saturated carbocycles. The lowest BCUT2D eigenvalue weighted by Gasteiger charge is -2.14. The van der Waals surface area contributed by atoms with Crippen LogP contribution in [0, 0.1) is 6.92 Å². The van der Waals surface area contributed by atoms with Crippen molar-refractivity contribution in [2.45, 2.75) is 13.3 Å². The number of amides is 1. The number of rotatable bonds is 3. The van der Waals surface area contributed by atoms with Gasteiger partial charge in [-0.15, -0.1) is 0 Å². The summed E-state index contributed by atoms with van der Waals surface area (Å²) in [6, 6.07) is 5.66. The number of aryl methyl sites for hydroxylation is 1. The van der Waals surface area contributed by atoms with Gasteiger partial charge in [0, 0.05) is 23.1 Å². The van der Waals surface area contributed by atoms with Gasteiger partial charge in [0.1, 0.15) is 0 Å². The van der Waals surface area contributed by atoms with Crippen molar-refractivity contribution in [1.82, 2.24) is 10.6 Å². The normalized spacial score (nSPS) is 15.1. The first-order valence-corrected chi connectivity index (χ1v) is 6.89. The Morgan fingerprint density at radius 2 is 2.33 bits per heavy atom. The molecule has 1 heterocycles. The van der Waals surface area contributed by atoms with Crippen LogP contribution in [0.15, 0.2) is 34.3 Å². The number of nitrogens with one attached hydrogen (secondary N) is 2. The van der Waals surface area contributed by atoms with Crippen molar-refractivity contribution < 1.29 is 4.79 Å². The number of carbonyl (C=O) groups excluding carboxylic acids is 1. The van der Waals surface area contributed by atoms with E-state index in [1.165, 1.54) is 5.57 Å². The van der Waals surface area contributed by atoms with Crippen LogP contribution in [0.5, 0.6) is 0 Å². The van der Waals surface area contributed by atoms with Gasteiger partial charge in [-0.3, -0.25) is 4.79 Å². The highest BCUT2D eigenvalue weighted by atomic mass is 79.9. The van der Waals surface area contributed by atoms with E-state index in [1.54, 1.807) is 0 Å². The van der Waals surface area contributed by atoms with Gasteiger partial charge in [-0.2, -0.15) is 0 Å². The van der Waals surface area contributed by atoms with Gasteiger partial charge in [0.15, 0.2) is 0 Å². The Bertz CT molecular complexity index is 483. The molecule has 1 aromatic carbocycles. The minimum atomic E-state index is -0.0184. The maximum Gasteiger partial charge on any atom is 0.251 e. The second-order valence-electron chi connectivity index (χ2n) is 4.46. The largest absolute Gasteiger partial charge is 0.348 e. The lowest BCUT2D eigenvalue weighted by molar-refractivity contribution is 0.0956. The van der Waals surface area contributed by atoms with Gasteiger partial charge in [-0.05, 0) is 37.6 Å². The predicted octanol–water partition coefficient (Wildman–Crippen LogP) is 2.41. The van der Waals surface area contributed by atoms with Crippen molar-refractivity contribution in [3.05, 3.63) is 45.4 Å². The average molecular weight is 309 g/mol. The minimum Gasteiger partial charge on any atom is -0.348 e. The van der Waals surface area contributed by atoms with Crippen LogP contribution in [0.3, 0.4) is 0 Å². The molecule has 0 bridgehead atoms. The zero-order valence-electron chi connectivity index (χ0n) is 10.4. The molecule has 0 spiro atoms. The zero-order valence-corrected chi connectivity index (χ0v) is 12.0. The Morgan fingerprint density at radius 3 is 3.00 bits per heavy atom. The second kappa shape index (κ2) is 6.16. The van der Waals surface area contributed by atoms with Crippen LogP contribution >= 0.6 is 15.9 Å². The monoisotopic (exact) mass is 308 g/mol. The van der Waals surface area contributed by atoms with E-state index in [-0.39, 0.29) is 5.91 Å². The van der Waals surface area contributed by atoms with Crippen molar-refractivity contribution in [3.8, 4) is 0 Å². The second-order valence-corrected chi connectivity index (χ2v) is 5.32. The molecule has 1 aromatic rings. The van der Waals surface area contributed by atoms with Crippen LogP contribution in [-0.2, 0) is 0 Å². The van der Waals surface area contributed by atoms with E-state index in [4.69, 9.17) is 0 Å². The van der Waals surface area contributed by atoms with Crippen LogP contribution in [0.4, 0.5) is 0 Å². The van der Waals surface area contributed by atoms with E-state index >= 15 is 0 Å². The lowest BCUT2D eigenvalue weighted by Crippen LogP contribution is -2.29. The molecule has 4 heteroatoms. The quantitative estimate of drug-likeness (QED) is 0.842. The summed E-state index contributed by atoms with van der Waals surface area (Å²) in [5.41, 5.74) is 3.13. The van der Waals surface area contributed by atoms with Gasteiger partial charge in [-0.1, -0.05) is 33.6 Å². The van der Waals surface area contributed by atoms with E-state index in [9.17, 15) is 4.79 Å². The molecule has 2 N–H and O–H groups in total. The summed E-state index contributed by atoms with van der Waals surface area (Å²) in [4.78, 5) is 12.0. The maximum absolute atomic E-state index is 12.0. The Morgan fingerprint density at radius 1 is 1.50 bits per heavy atom. The molecule has 2 rings (SSSR count). The van der Waals surface area contributed by atoms with Gasteiger partial charge in [0.2, 0.25) is 0 Å². The molecule has 0 fully saturated rings. The van der Waals surface area contributed by atoms with Crippen molar-refractivity contribution in [1.29, 1.82) is 0 Å². The Kier molecular flexibility index (Phi) is 4.55.